The van der Waals surface area contributed by atoms with Gasteiger partial charge in [-0.2, -0.15) is 5.10 Å². The van der Waals surface area contributed by atoms with Crippen LogP contribution in [-0.2, 0) is 24.8 Å². The molecule has 2 heterocycles. The highest BCUT2D eigenvalue weighted by Crippen LogP contribution is 2.10. The first-order valence-electron chi connectivity index (χ1n) is 6.32. The molecule has 1 aromatic heterocycles. The fraction of sp³-hybridized carbons (Fsp3) is 0.615. The Labute approximate surface area is 103 Å². The minimum Gasteiger partial charge on any atom is -0.497 e. The molecular weight excluding hydrogens is 214 g/mol. The van der Waals surface area contributed by atoms with Crippen LogP contribution >= 0.6 is 0 Å². The van der Waals surface area contributed by atoms with Gasteiger partial charge in [0.05, 0.1) is 12.0 Å². The van der Waals surface area contributed by atoms with Crippen LogP contribution in [0, 0.1) is 0 Å². The van der Waals surface area contributed by atoms with Crippen molar-refractivity contribution in [3.05, 3.63) is 29.8 Å². The summed E-state index contributed by atoms with van der Waals surface area (Å²) in [5.41, 5.74) is 2.48. The number of aryl methyl sites for hydroxylation is 2. The molecule has 0 radical (unpaired) electrons. The van der Waals surface area contributed by atoms with Gasteiger partial charge in [-0.25, -0.2) is 0 Å². The normalized spacial score (nSPS) is 19.3. The predicted molar refractivity (Wildman–Crippen MR) is 67.5 cm³/mol. The quantitative estimate of drug-likeness (QED) is 0.845. The smallest absolute Gasteiger partial charge is 0.110 e. The average molecular weight is 235 g/mol. The summed E-state index contributed by atoms with van der Waals surface area (Å²) in [6.07, 6.45) is 9.52. The maximum Gasteiger partial charge on any atom is 0.110 e. The van der Waals surface area contributed by atoms with E-state index in [9.17, 15) is 0 Å². The molecule has 0 fully saturated rings. The second-order valence-electron chi connectivity index (χ2n) is 4.47. The summed E-state index contributed by atoms with van der Waals surface area (Å²) in [7, 11) is 1.97. The zero-order chi connectivity index (χ0) is 12.1. The maximum atomic E-state index is 5.51. The molecule has 0 spiro atoms. The number of hydrogen-bond acceptors (Lipinski definition) is 3. The molecule has 1 atom stereocenters. The Morgan fingerprint density at radius 2 is 2.47 bits per heavy atom. The van der Waals surface area contributed by atoms with Crippen LogP contribution in [-0.4, -0.2) is 22.4 Å². The summed E-state index contributed by atoms with van der Waals surface area (Å²) < 4.78 is 7.40. The van der Waals surface area contributed by atoms with Gasteiger partial charge >= 0.3 is 0 Å². The number of hydrogen-bond donors (Lipinski definition) is 1. The molecule has 0 aromatic carbocycles. The maximum absolute atomic E-state index is 5.51. The number of aromatic nitrogens is 2. The molecular formula is C13H21N3O. The topological polar surface area (TPSA) is 39.1 Å². The van der Waals surface area contributed by atoms with E-state index in [0.29, 0.717) is 6.10 Å². The fourth-order valence-corrected chi connectivity index (χ4v) is 2.13. The van der Waals surface area contributed by atoms with Gasteiger partial charge in [0.15, 0.2) is 0 Å². The Morgan fingerprint density at radius 1 is 1.59 bits per heavy atom. The van der Waals surface area contributed by atoms with E-state index in [1.54, 1.807) is 0 Å². The van der Waals surface area contributed by atoms with E-state index in [2.05, 4.69) is 29.6 Å². The first-order chi connectivity index (χ1) is 8.29. The highest BCUT2D eigenvalue weighted by atomic mass is 16.5. The number of rotatable bonds is 5. The zero-order valence-electron chi connectivity index (χ0n) is 10.6. The molecule has 17 heavy (non-hydrogen) atoms. The van der Waals surface area contributed by atoms with Crippen molar-refractivity contribution in [3.8, 4) is 0 Å². The van der Waals surface area contributed by atoms with Crippen LogP contribution in [0.1, 0.15) is 31.0 Å². The van der Waals surface area contributed by atoms with Gasteiger partial charge < -0.3 is 10.1 Å². The minimum absolute atomic E-state index is 0.321. The lowest BCUT2D eigenvalue weighted by Gasteiger charge is -2.19. The van der Waals surface area contributed by atoms with E-state index in [1.165, 1.54) is 11.3 Å². The largest absolute Gasteiger partial charge is 0.497 e. The van der Waals surface area contributed by atoms with Crippen LogP contribution in [0.4, 0.5) is 0 Å². The van der Waals surface area contributed by atoms with Crippen molar-refractivity contribution in [2.75, 3.05) is 6.54 Å². The van der Waals surface area contributed by atoms with Crippen LogP contribution in [0.25, 0.3) is 0 Å². The van der Waals surface area contributed by atoms with Crippen molar-refractivity contribution in [3.63, 3.8) is 0 Å². The zero-order valence-corrected chi connectivity index (χ0v) is 10.6. The molecule has 0 aliphatic carbocycles. The van der Waals surface area contributed by atoms with Crippen LogP contribution in [0.5, 0.6) is 0 Å². The molecule has 1 N–H and O–H groups in total. The first kappa shape index (κ1) is 12.2. The summed E-state index contributed by atoms with van der Waals surface area (Å²) in [6, 6.07) is 0. The molecule has 1 aliphatic heterocycles. The molecule has 2 rings (SSSR count). The molecule has 0 saturated carbocycles. The van der Waals surface area contributed by atoms with Crippen LogP contribution in [0.2, 0.25) is 0 Å². The van der Waals surface area contributed by atoms with E-state index in [1.807, 2.05) is 18.0 Å². The lowest BCUT2D eigenvalue weighted by Crippen LogP contribution is -2.28. The number of allylic oxidation sites excluding steroid dienone is 1. The molecule has 1 unspecified atom stereocenters. The van der Waals surface area contributed by atoms with Crippen molar-refractivity contribution in [2.45, 2.75) is 38.8 Å². The Bertz CT molecular complexity index is 384. The molecule has 1 aliphatic rings. The van der Waals surface area contributed by atoms with Crippen molar-refractivity contribution >= 4 is 0 Å². The van der Waals surface area contributed by atoms with Gasteiger partial charge in [0.1, 0.15) is 6.10 Å². The number of ether oxygens (including phenoxy) is 1. The van der Waals surface area contributed by atoms with E-state index in [4.69, 9.17) is 4.74 Å². The Kier molecular flexibility index (Phi) is 4.20. The van der Waals surface area contributed by atoms with E-state index in [0.717, 1.165) is 32.4 Å². The summed E-state index contributed by atoms with van der Waals surface area (Å²) in [5, 5.41) is 7.88. The van der Waals surface area contributed by atoms with Gasteiger partial charge in [0.25, 0.3) is 0 Å². The van der Waals surface area contributed by atoms with Gasteiger partial charge in [0.2, 0.25) is 0 Å². The second kappa shape index (κ2) is 5.87. The summed E-state index contributed by atoms with van der Waals surface area (Å²) in [5.74, 6) is 0. The van der Waals surface area contributed by atoms with Gasteiger partial charge in [-0.05, 0) is 25.3 Å². The number of nitrogens with one attached hydrogen (secondary N) is 1. The van der Waals surface area contributed by atoms with Gasteiger partial charge in [-0.1, -0.05) is 6.92 Å². The third kappa shape index (κ3) is 3.33. The minimum atomic E-state index is 0.321. The van der Waals surface area contributed by atoms with Gasteiger partial charge in [0, 0.05) is 31.9 Å². The highest BCUT2D eigenvalue weighted by molar-refractivity contribution is 5.16. The Hall–Kier alpha value is -1.29. The molecule has 94 valence electrons. The van der Waals surface area contributed by atoms with E-state index >= 15 is 0 Å². The van der Waals surface area contributed by atoms with Crippen molar-refractivity contribution in [1.29, 1.82) is 0 Å². The van der Waals surface area contributed by atoms with Crippen LogP contribution < -0.4 is 5.32 Å². The lowest BCUT2D eigenvalue weighted by molar-refractivity contribution is 0.122. The molecule has 4 heteroatoms. The van der Waals surface area contributed by atoms with Crippen molar-refractivity contribution in [1.82, 2.24) is 15.1 Å². The molecule has 4 nitrogen and oxygen atoms in total. The Balaban J connectivity index is 1.79. The molecule has 1 aromatic rings. The molecule has 0 bridgehead atoms. The average Bonchev–Trinajstić information content (AvgIpc) is 2.71. The van der Waals surface area contributed by atoms with Crippen molar-refractivity contribution < 1.29 is 4.74 Å². The standard InChI is InChI=1S/C13H21N3O/c1-3-13-11(10-16(2)15-13)8-14-9-12-6-4-5-7-17-12/h5,7,10,12,14H,3-4,6,8-9H2,1-2H3. The van der Waals surface area contributed by atoms with Crippen molar-refractivity contribution in [2.24, 2.45) is 7.05 Å². The van der Waals surface area contributed by atoms with E-state index < -0.39 is 0 Å². The van der Waals surface area contributed by atoms with Crippen LogP contribution in [0.15, 0.2) is 18.5 Å². The second-order valence-corrected chi connectivity index (χ2v) is 4.47. The lowest BCUT2D eigenvalue weighted by atomic mass is 10.1. The summed E-state index contributed by atoms with van der Waals surface area (Å²) in [4.78, 5) is 0. The number of nitrogens with zero attached hydrogens (tertiary/aromatic N) is 2. The SMILES string of the molecule is CCc1nn(C)cc1CNCC1CCC=CO1. The first-order valence-corrected chi connectivity index (χ1v) is 6.32. The molecule has 0 amide bonds. The van der Waals surface area contributed by atoms with Gasteiger partial charge in [-0.15, -0.1) is 0 Å². The predicted octanol–water partition coefficient (Wildman–Crippen LogP) is 1.76. The van der Waals surface area contributed by atoms with Gasteiger partial charge in [-0.3, -0.25) is 4.68 Å². The van der Waals surface area contributed by atoms with E-state index in [-0.39, 0.29) is 0 Å². The third-order valence-electron chi connectivity index (χ3n) is 3.04. The molecule has 0 saturated heterocycles. The van der Waals surface area contributed by atoms with Crippen LogP contribution in [0.3, 0.4) is 0 Å². The Morgan fingerprint density at radius 3 is 3.18 bits per heavy atom. The third-order valence-corrected chi connectivity index (χ3v) is 3.04. The fourth-order valence-electron chi connectivity index (χ4n) is 2.13. The highest BCUT2D eigenvalue weighted by Gasteiger charge is 2.11. The summed E-state index contributed by atoms with van der Waals surface area (Å²) >= 11 is 0. The summed E-state index contributed by atoms with van der Waals surface area (Å²) in [6.45, 7) is 3.92. The monoisotopic (exact) mass is 235 g/mol.